The Hall–Kier alpha value is -2.62. The number of alkyl halides is 3. The number of rotatable bonds is 4. The molecule has 4 atom stereocenters. The molecule has 190 valence electrons. The van der Waals surface area contributed by atoms with Gasteiger partial charge in [0.2, 0.25) is 0 Å². The molecule has 5 aliphatic rings. The SMILES string of the molecule is Cc1cnc2c(C34CC(C3)[C@@H](C(F)(F)F)C4)nc([C@@H]3C[C@@H](C)O[C@@H](c4cnn(C5CC5)c4)C3)nc2n1. The van der Waals surface area contributed by atoms with Crippen LogP contribution in [0.1, 0.15) is 92.7 Å². The summed E-state index contributed by atoms with van der Waals surface area (Å²) in [7, 11) is 0. The zero-order valence-electron chi connectivity index (χ0n) is 20.4. The van der Waals surface area contributed by atoms with Crippen molar-refractivity contribution in [2.75, 3.05) is 0 Å². The van der Waals surface area contributed by atoms with Crippen LogP contribution in [0.4, 0.5) is 13.2 Å². The number of nitrogens with zero attached hydrogens (tertiary/aromatic N) is 6. The van der Waals surface area contributed by atoms with Gasteiger partial charge in [0.1, 0.15) is 11.3 Å². The Morgan fingerprint density at radius 3 is 2.58 bits per heavy atom. The maximum absolute atomic E-state index is 13.7. The third-order valence-corrected chi connectivity index (χ3v) is 8.74. The van der Waals surface area contributed by atoms with Gasteiger partial charge in [0.15, 0.2) is 5.65 Å². The molecule has 0 radical (unpaired) electrons. The van der Waals surface area contributed by atoms with Crippen LogP contribution in [-0.2, 0) is 10.2 Å². The molecule has 0 aromatic carbocycles. The fourth-order valence-corrected chi connectivity index (χ4v) is 6.85. The third kappa shape index (κ3) is 3.63. The molecule has 5 fully saturated rings. The average molecular weight is 499 g/mol. The molecule has 0 amide bonds. The summed E-state index contributed by atoms with van der Waals surface area (Å²) >= 11 is 0. The van der Waals surface area contributed by atoms with Crippen LogP contribution >= 0.6 is 0 Å². The summed E-state index contributed by atoms with van der Waals surface area (Å²) in [6.07, 6.45) is 6.20. The van der Waals surface area contributed by atoms with Crippen LogP contribution < -0.4 is 0 Å². The number of aryl methyl sites for hydroxylation is 1. The molecule has 8 rings (SSSR count). The smallest absolute Gasteiger partial charge is 0.370 e. The van der Waals surface area contributed by atoms with E-state index in [1.54, 1.807) is 6.20 Å². The van der Waals surface area contributed by atoms with Crippen molar-refractivity contribution in [3.8, 4) is 0 Å². The highest BCUT2D eigenvalue weighted by Crippen LogP contribution is 2.66. The molecule has 3 aromatic heterocycles. The van der Waals surface area contributed by atoms with E-state index in [0.717, 1.165) is 30.5 Å². The van der Waals surface area contributed by atoms with Gasteiger partial charge < -0.3 is 4.74 Å². The summed E-state index contributed by atoms with van der Waals surface area (Å²) in [5.74, 6) is -0.923. The van der Waals surface area contributed by atoms with Gasteiger partial charge in [-0.3, -0.25) is 4.68 Å². The highest BCUT2D eigenvalue weighted by molar-refractivity contribution is 5.74. The molecule has 3 aromatic rings. The van der Waals surface area contributed by atoms with Crippen LogP contribution in [0.2, 0.25) is 0 Å². The first-order chi connectivity index (χ1) is 17.2. The van der Waals surface area contributed by atoms with Crippen molar-refractivity contribution < 1.29 is 17.9 Å². The minimum atomic E-state index is -4.18. The predicted molar refractivity (Wildman–Crippen MR) is 124 cm³/mol. The molecule has 0 spiro atoms. The molecule has 1 aliphatic heterocycles. The molecule has 4 heterocycles. The lowest BCUT2D eigenvalue weighted by Gasteiger charge is -2.39. The van der Waals surface area contributed by atoms with Crippen molar-refractivity contribution >= 4 is 11.2 Å². The molecular weight excluding hydrogens is 469 g/mol. The van der Waals surface area contributed by atoms with Crippen molar-refractivity contribution in [1.29, 1.82) is 0 Å². The maximum Gasteiger partial charge on any atom is 0.392 e. The Labute approximate surface area is 206 Å². The number of halogens is 3. The van der Waals surface area contributed by atoms with Gasteiger partial charge in [-0.1, -0.05) is 0 Å². The molecule has 0 unspecified atom stereocenters. The zero-order valence-corrected chi connectivity index (χ0v) is 20.4. The lowest BCUT2D eigenvalue weighted by Crippen LogP contribution is -2.35. The first kappa shape index (κ1) is 22.6. The van der Waals surface area contributed by atoms with Crippen LogP contribution in [0, 0.1) is 18.8 Å². The number of ether oxygens (including phenoxy) is 1. The summed E-state index contributed by atoms with van der Waals surface area (Å²) in [4.78, 5) is 19.0. The second-order valence-corrected chi connectivity index (χ2v) is 11.5. The Bertz CT molecular complexity index is 1330. The number of fused-ring (bicyclic) bond motifs is 2. The fourth-order valence-electron chi connectivity index (χ4n) is 6.85. The Balaban J connectivity index is 1.25. The van der Waals surface area contributed by atoms with Gasteiger partial charge in [-0.15, -0.1) is 0 Å². The Morgan fingerprint density at radius 1 is 1.06 bits per heavy atom. The summed E-state index contributed by atoms with van der Waals surface area (Å²) in [5, 5.41) is 4.53. The van der Waals surface area contributed by atoms with Gasteiger partial charge >= 0.3 is 6.18 Å². The monoisotopic (exact) mass is 498 g/mol. The molecule has 4 aliphatic carbocycles. The first-order valence-electron chi connectivity index (χ1n) is 13.0. The van der Waals surface area contributed by atoms with Crippen molar-refractivity contribution in [3.05, 3.63) is 41.4 Å². The number of hydrogen-bond acceptors (Lipinski definition) is 6. The van der Waals surface area contributed by atoms with Gasteiger partial charge in [0, 0.05) is 29.3 Å². The molecule has 1 saturated heterocycles. The molecule has 7 nitrogen and oxygen atoms in total. The third-order valence-electron chi connectivity index (χ3n) is 8.74. The van der Waals surface area contributed by atoms with E-state index in [4.69, 9.17) is 14.7 Å². The minimum absolute atomic E-state index is 0.00305. The molecule has 0 N–H and O–H groups in total. The van der Waals surface area contributed by atoms with Gasteiger partial charge in [-0.2, -0.15) is 18.3 Å². The number of aromatic nitrogens is 6. The molecule has 4 saturated carbocycles. The quantitative estimate of drug-likeness (QED) is 0.472. The first-order valence-corrected chi connectivity index (χ1v) is 13.0. The molecular formula is C26H29F3N6O. The number of hydrogen-bond donors (Lipinski definition) is 0. The van der Waals surface area contributed by atoms with Crippen LogP contribution in [0.15, 0.2) is 18.6 Å². The normalized spacial score (nSPS) is 34.2. The van der Waals surface area contributed by atoms with Crippen LogP contribution in [-0.4, -0.2) is 42.0 Å². The van der Waals surface area contributed by atoms with E-state index in [1.807, 2.05) is 17.8 Å². The van der Waals surface area contributed by atoms with Gasteiger partial charge in [-0.05, 0) is 64.7 Å². The molecule has 10 heteroatoms. The lowest BCUT2D eigenvalue weighted by molar-refractivity contribution is -0.180. The van der Waals surface area contributed by atoms with E-state index in [0.29, 0.717) is 48.0 Å². The van der Waals surface area contributed by atoms with Crippen molar-refractivity contribution in [3.63, 3.8) is 0 Å². The van der Waals surface area contributed by atoms with E-state index in [9.17, 15) is 13.2 Å². The van der Waals surface area contributed by atoms with Crippen LogP contribution in [0.3, 0.4) is 0 Å². The van der Waals surface area contributed by atoms with Crippen LogP contribution in [0.5, 0.6) is 0 Å². The highest BCUT2D eigenvalue weighted by atomic mass is 19.4. The second-order valence-electron chi connectivity index (χ2n) is 11.5. The molecule has 2 bridgehead atoms. The van der Waals surface area contributed by atoms with E-state index in [-0.39, 0.29) is 30.5 Å². The topological polar surface area (TPSA) is 78.6 Å². The minimum Gasteiger partial charge on any atom is -0.370 e. The van der Waals surface area contributed by atoms with Crippen molar-refractivity contribution in [2.24, 2.45) is 11.8 Å². The highest BCUT2D eigenvalue weighted by Gasteiger charge is 2.65. The van der Waals surface area contributed by atoms with Crippen molar-refractivity contribution in [2.45, 2.75) is 94.6 Å². The van der Waals surface area contributed by atoms with Gasteiger partial charge in [-0.25, -0.2) is 19.9 Å². The Kier molecular flexibility index (Phi) is 4.82. The van der Waals surface area contributed by atoms with E-state index in [1.165, 1.54) is 0 Å². The van der Waals surface area contributed by atoms with E-state index >= 15 is 0 Å². The Morgan fingerprint density at radius 2 is 1.86 bits per heavy atom. The summed E-state index contributed by atoms with van der Waals surface area (Å²) in [6, 6.07) is 0.501. The maximum atomic E-state index is 13.7. The predicted octanol–water partition coefficient (Wildman–Crippen LogP) is 5.51. The lowest BCUT2D eigenvalue weighted by atomic mass is 9.67. The van der Waals surface area contributed by atoms with Gasteiger partial charge in [0.25, 0.3) is 0 Å². The van der Waals surface area contributed by atoms with Gasteiger partial charge in [0.05, 0.1) is 41.8 Å². The largest absolute Gasteiger partial charge is 0.392 e. The second kappa shape index (κ2) is 7.69. The fraction of sp³-hybridized carbons (Fsp3) is 0.654. The summed E-state index contributed by atoms with van der Waals surface area (Å²) in [5.41, 5.74) is 2.89. The standard InChI is InChI=1S/C26H29F3N6O/c1-13-10-30-21-22(25-7-16(8-25)19(9-25)26(27,28)29)33-23(34-24(21)32-13)15-5-14(2)36-20(6-15)17-11-31-35(12-17)18-3-4-18/h10-12,14-16,18-20H,3-9H2,1-2H3/t14-,15-,16?,19+,20-,25?/m1/s1. The summed E-state index contributed by atoms with van der Waals surface area (Å²) in [6.45, 7) is 3.90. The van der Waals surface area contributed by atoms with Crippen molar-refractivity contribution in [1.82, 2.24) is 29.7 Å². The van der Waals surface area contributed by atoms with Crippen LogP contribution in [0.25, 0.3) is 11.2 Å². The van der Waals surface area contributed by atoms with E-state index in [2.05, 4.69) is 28.2 Å². The zero-order chi connectivity index (χ0) is 24.8. The van der Waals surface area contributed by atoms with E-state index < -0.39 is 17.5 Å². The summed E-state index contributed by atoms with van der Waals surface area (Å²) < 4.78 is 49.4. The average Bonchev–Trinajstić information content (AvgIpc) is 3.24. The molecule has 36 heavy (non-hydrogen) atoms.